The highest BCUT2D eigenvalue weighted by Crippen LogP contribution is 2.26. The summed E-state index contributed by atoms with van der Waals surface area (Å²) in [6, 6.07) is 8.75. The third kappa shape index (κ3) is 3.64. The normalized spacial score (nSPS) is 20.9. The number of thioether (sulfide) groups is 1. The first kappa shape index (κ1) is 13.7. The van der Waals surface area contributed by atoms with E-state index in [2.05, 4.69) is 17.4 Å². The summed E-state index contributed by atoms with van der Waals surface area (Å²) in [5, 5.41) is 3.41. The fourth-order valence-electron chi connectivity index (χ4n) is 2.20. The molecular weight excluding hydrogens is 246 g/mol. The molecule has 18 heavy (non-hydrogen) atoms. The maximum absolute atomic E-state index is 5.46. The maximum atomic E-state index is 5.46. The summed E-state index contributed by atoms with van der Waals surface area (Å²) >= 11 is 1.87. The predicted molar refractivity (Wildman–Crippen MR) is 75.5 cm³/mol. The molecule has 1 aromatic carbocycles. The van der Waals surface area contributed by atoms with Crippen LogP contribution in [0.3, 0.4) is 0 Å². The SMILES string of the molecule is CNC(CSc1cccc(OC)c1)C1CCOC1. The van der Waals surface area contributed by atoms with Crippen LogP contribution in [0.15, 0.2) is 29.2 Å². The Morgan fingerprint density at radius 2 is 2.44 bits per heavy atom. The Bertz CT molecular complexity index is 367. The molecule has 1 aliphatic rings. The average molecular weight is 267 g/mol. The van der Waals surface area contributed by atoms with Crippen LogP contribution >= 0.6 is 11.8 Å². The number of ether oxygens (including phenoxy) is 2. The minimum atomic E-state index is 0.517. The minimum absolute atomic E-state index is 0.517. The zero-order valence-electron chi connectivity index (χ0n) is 11.0. The van der Waals surface area contributed by atoms with Crippen LogP contribution in [0.2, 0.25) is 0 Å². The Hall–Kier alpha value is -0.710. The molecule has 2 rings (SSSR count). The van der Waals surface area contributed by atoms with Gasteiger partial charge in [-0.2, -0.15) is 0 Å². The van der Waals surface area contributed by atoms with Gasteiger partial charge >= 0.3 is 0 Å². The summed E-state index contributed by atoms with van der Waals surface area (Å²) in [7, 11) is 3.74. The van der Waals surface area contributed by atoms with E-state index in [-0.39, 0.29) is 0 Å². The maximum Gasteiger partial charge on any atom is 0.119 e. The fourth-order valence-corrected chi connectivity index (χ4v) is 3.39. The van der Waals surface area contributed by atoms with E-state index in [1.54, 1.807) is 7.11 Å². The van der Waals surface area contributed by atoms with Gasteiger partial charge < -0.3 is 14.8 Å². The largest absolute Gasteiger partial charge is 0.497 e. The first-order valence-electron chi connectivity index (χ1n) is 6.35. The van der Waals surface area contributed by atoms with Gasteiger partial charge in [0.25, 0.3) is 0 Å². The quantitative estimate of drug-likeness (QED) is 0.802. The second-order valence-electron chi connectivity index (χ2n) is 4.51. The van der Waals surface area contributed by atoms with Crippen LogP contribution in [0, 0.1) is 5.92 Å². The van der Waals surface area contributed by atoms with Crippen LogP contribution in [-0.4, -0.2) is 39.2 Å². The van der Waals surface area contributed by atoms with Crippen molar-refractivity contribution in [2.24, 2.45) is 5.92 Å². The van der Waals surface area contributed by atoms with Gasteiger partial charge in [0.15, 0.2) is 0 Å². The lowest BCUT2D eigenvalue weighted by Crippen LogP contribution is -2.36. The van der Waals surface area contributed by atoms with Gasteiger partial charge in [-0.3, -0.25) is 0 Å². The van der Waals surface area contributed by atoms with E-state index in [1.165, 1.54) is 11.3 Å². The molecule has 2 atom stereocenters. The van der Waals surface area contributed by atoms with Crippen LogP contribution in [0.4, 0.5) is 0 Å². The zero-order chi connectivity index (χ0) is 12.8. The van der Waals surface area contributed by atoms with Crippen molar-refractivity contribution < 1.29 is 9.47 Å². The molecule has 0 radical (unpaired) electrons. The Morgan fingerprint density at radius 3 is 3.11 bits per heavy atom. The van der Waals surface area contributed by atoms with E-state index in [1.807, 2.05) is 30.9 Å². The van der Waals surface area contributed by atoms with Crippen molar-refractivity contribution in [1.29, 1.82) is 0 Å². The third-order valence-corrected chi connectivity index (χ3v) is 4.49. The molecule has 0 aliphatic carbocycles. The molecule has 2 unspecified atom stereocenters. The molecule has 1 saturated heterocycles. The molecular formula is C14H21NO2S. The lowest BCUT2D eigenvalue weighted by atomic mass is 10.0. The number of nitrogens with one attached hydrogen (secondary N) is 1. The van der Waals surface area contributed by atoms with Crippen LogP contribution in [0.25, 0.3) is 0 Å². The summed E-state index contributed by atoms with van der Waals surface area (Å²) in [5.41, 5.74) is 0. The molecule has 0 spiro atoms. The summed E-state index contributed by atoms with van der Waals surface area (Å²) < 4.78 is 10.7. The van der Waals surface area contributed by atoms with E-state index in [0.29, 0.717) is 12.0 Å². The van der Waals surface area contributed by atoms with Gasteiger partial charge in [-0.25, -0.2) is 0 Å². The number of benzene rings is 1. The van der Waals surface area contributed by atoms with Gasteiger partial charge in [-0.05, 0) is 31.7 Å². The number of rotatable bonds is 6. The Morgan fingerprint density at radius 1 is 1.56 bits per heavy atom. The minimum Gasteiger partial charge on any atom is -0.497 e. The molecule has 100 valence electrons. The highest BCUT2D eigenvalue weighted by atomic mass is 32.2. The molecule has 4 heteroatoms. The first-order valence-corrected chi connectivity index (χ1v) is 7.34. The van der Waals surface area contributed by atoms with Gasteiger partial charge in [-0.1, -0.05) is 6.07 Å². The highest BCUT2D eigenvalue weighted by Gasteiger charge is 2.24. The van der Waals surface area contributed by atoms with Gasteiger partial charge in [0.05, 0.1) is 13.7 Å². The molecule has 1 N–H and O–H groups in total. The summed E-state index contributed by atoms with van der Waals surface area (Å²) in [4.78, 5) is 1.26. The summed E-state index contributed by atoms with van der Waals surface area (Å²) in [6.07, 6.45) is 1.17. The Labute approximate surface area is 113 Å². The fraction of sp³-hybridized carbons (Fsp3) is 0.571. The topological polar surface area (TPSA) is 30.5 Å². The monoisotopic (exact) mass is 267 g/mol. The van der Waals surface area contributed by atoms with E-state index < -0.39 is 0 Å². The Balaban J connectivity index is 1.88. The van der Waals surface area contributed by atoms with Crippen LogP contribution in [0.5, 0.6) is 5.75 Å². The third-order valence-electron chi connectivity index (χ3n) is 3.38. The second-order valence-corrected chi connectivity index (χ2v) is 5.60. The van der Waals surface area contributed by atoms with E-state index >= 15 is 0 Å². The number of methoxy groups -OCH3 is 1. The predicted octanol–water partition coefficient (Wildman–Crippen LogP) is 2.41. The first-order chi connectivity index (χ1) is 8.83. The molecule has 3 nitrogen and oxygen atoms in total. The van der Waals surface area contributed by atoms with Crippen molar-refractivity contribution >= 4 is 11.8 Å². The zero-order valence-corrected chi connectivity index (χ0v) is 11.8. The molecule has 0 aromatic heterocycles. The molecule has 0 bridgehead atoms. The van der Waals surface area contributed by atoms with E-state index in [4.69, 9.17) is 9.47 Å². The van der Waals surface area contributed by atoms with Gasteiger partial charge in [0.2, 0.25) is 0 Å². The summed E-state index contributed by atoms with van der Waals surface area (Å²) in [6.45, 7) is 1.80. The number of hydrogen-bond donors (Lipinski definition) is 1. The molecule has 1 aromatic rings. The molecule has 1 fully saturated rings. The smallest absolute Gasteiger partial charge is 0.119 e. The standard InChI is InChI=1S/C14H21NO2S/c1-15-14(11-6-7-17-9-11)10-18-13-5-3-4-12(8-13)16-2/h3-5,8,11,14-15H,6-7,9-10H2,1-2H3. The molecule has 1 heterocycles. The van der Waals surface area contributed by atoms with Gasteiger partial charge in [0, 0.05) is 29.2 Å². The lowest BCUT2D eigenvalue weighted by molar-refractivity contribution is 0.180. The van der Waals surface area contributed by atoms with Crippen molar-refractivity contribution in [3.63, 3.8) is 0 Å². The van der Waals surface area contributed by atoms with Gasteiger partial charge in [-0.15, -0.1) is 11.8 Å². The van der Waals surface area contributed by atoms with Crippen molar-refractivity contribution in [2.45, 2.75) is 17.4 Å². The van der Waals surface area contributed by atoms with Crippen LogP contribution < -0.4 is 10.1 Å². The summed E-state index contributed by atoms with van der Waals surface area (Å²) in [5.74, 6) is 2.64. The van der Waals surface area contributed by atoms with E-state index in [9.17, 15) is 0 Å². The Kier molecular flexibility index (Phi) is 5.35. The molecule has 0 amide bonds. The average Bonchev–Trinajstić information content (AvgIpc) is 2.94. The number of hydrogen-bond acceptors (Lipinski definition) is 4. The van der Waals surface area contributed by atoms with Gasteiger partial charge in [0.1, 0.15) is 5.75 Å². The van der Waals surface area contributed by atoms with E-state index in [0.717, 1.165) is 24.7 Å². The second kappa shape index (κ2) is 7.02. The molecule has 0 saturated carbocycles. The molecule has 1 aliphatic heterocycles. The van der Waals surface area contributed by atoms with Crippen molar-refractivity contribution in [1.82, 2.24) is 5.32 Å². The highest BCUT2D eigenvalue weighted by molar-refractivity contribution is 7.99. The van der Waals surface area contributed by atoms with Crippen LogP contribution in [0.1, 0.15) is 6.42 Å². The van der Waals surface area contributed by atoms with Crippen molar-refractivity contribution in [2.75, 3.05) is 33.1 Å². The van der Waals surface area contributed by atoms with Crippen molar-refractivity contribution in [3.05, 3.63) is 24.3 Å². The lowest BCUT2D eigenvalue weighted by Gasteiger charge is -2.21. The van der Waals surface area contributed by atoms with Crippen LogP contribution in [-0.2, 0) is 4.74 Å². The van der Waals surface area contributed by atoms with Crippen molar-refractivity contribution in [3.8, 4) is 5.75 Å².